The van der Waals surface area contributed by atoms with Gasteiger partial charge in [0.2, 0.25) is 5.91 Å². The van der Waals surface area contributed by atoms with Gasteiger partial charge >= 0.3 is 51.4 Å². The van der Waals surface area contributed by atoms with Gasteiger partial charge in [0.15, 0.2) is 10.3 Å². The van der Waals surface area contributed by atoms with E-state index in [1.165, 1.54) is 0 Å². The maximum atomic E-state index is 12.2. The predicted octanol–water partition coefficient (Wildman–Crippen LogP) is -2.24. The van der Waals surface area contributed by atoms with Crippen LogP contribution in [0.3, 0.4) is 0 Å². The summed E-state index contributed by atoms with van der Waals surface area (Å²) in [7, 11) is -4.96. The van der Waals surface area contributed by atoms with E-state index in [1.54, 1.807) is 54.6 Å². The van der Waals surface area contributed by atoms with E-state index in [4.69, 9.17) is 0 Å². The summed E-state index contributed by atoms with van der Waals surface area (Å²) >= 11 is 0. The summed E-state index contributed by atoms with van der Waals surface area (Å²) < 4.78 is 34.4. The fourth-order valence-corrected chi connectivity index (χ4v) is 3.69. The SMILES string of the molecule is O=C(Cc1ccccc1)N[C@@H]1C(=O)N(S(=O)(=O)[O-])[C@@H]1c1ccccc1.[K+]. The Morgan fingerprint density at radius 2 is 1.58 bits per heavy atom. The standard InChI is InChI=1S/C17H16N2O5S.K/c20-14(11-12-7-3-1-4-8-12)18-15-16(13-9-5-2-6-10-13)19(17(15)21)25(22,23)24;/h1-10,15-16H,11H2,(H,18,20)(H,22,23,24);/q;+1/p-1/t15-,16+;/m0./s1. The molecular weight excluding hydrogens is 383 g/mol. The van der Waals surface area contributed by atoms with Gasteiger partial charge in [-0.15, -0.1) is 0 Å². The topological polar surface area (TPSA) is 107 Å². The molecule has 0 aliphatic carbocycles. The van der Waals surface area contributed by atoms with Crippen LogP contribution in [0.4, 0.5) is 0 Å². The molecule has 2 atom stereocenters. The summed E-state index contributed by atoms with van der Waals surface area (Å²) in [6.45, 7) is 0. The van der Waals surface area contributed by atoms with Gasteiger partial charge in [-0.25, -0.2) is 12.7 Å². The molecule has 2 amide bonds. The molecule has 0 saturated carbocycles. The second kappa shape index (κ2) is 8.74. The molecule has 2 aromatic rings. The van der Waals surface area contributed by atoms with Gasteiger partial charge in [-0.3, -0.25) is 9.59 Å². The molecule has 1 heterocycles. The second-order valence-electron chi connectivity index (χ2n) is 5.65. The maximum Gasteiger partial charge on any atom is 1.00 e. The zero-order valence-corrected chi connectivity index (χ0v) is 18.0. The molecule has 1 aliphatic rings. The Bertz CT molecular complexity index is 890. The molecule has 7 nitrogen and oxygen atoms in total. The van der Waals surface area contributed by atoms with Crippen molar-refractivity contribution in [2.24, 2.45) is 0 Å². The molecule has 26 heavy (non-hydrogen) atoms. The van der Waals surface area contributed by atoms with Gasteiger partial charge < -0.3 is 9.87 Å². The number of hydrogen-bond donors (Lipinski definition) is 1. The Morgan fingerprint density at radius 1 is 1.04 bits per heavy atom. The summed E-state index contributed by atoms with van der Waals surface area (Å²) in [5.41, 5.74) is 1.22. The normalized spacial score (nSPS) is 19.3. The molecule has 1 fully saturated rings. The number of nitrogens with zero attached hydrogens (tertiary/aromatic N) is 1. The van der Waals surface area contributed by atoms with Gasteiger partial charge in [-0.2, -0.15) is 0 Å². The van der Waals surface area contributed by atoms with Crippen LogP contribution in [0.5, 0.6) is 0 Å². The van der Waals surface area contributed by atoms with E-state index in [-0.39, 0.29) is 62.1 Å². The zero-order valence-electron chi connectivity index (χ0n) is 14.0. The number of amides is 2. The van der Waals surface area contributed by atoms with E-state index in [2.05, 4.69) is 5.32 Å². The van der Waals surface area contributed by atoms with Crippen molar-refractivity contribution in [3.8, 4) is 0 Å². The van der Waals surface area contributed by atoms with E-state index in [0.717, 1.165) is 5.56 Å². The fourth-order valence-electron chi connectivity index (χ4n) is 2.84. The van der Waals surface area contributed by atoms with Crippen LogP contribution in [-0.2, 0) is 26.3 Å². The van der Waals surface area contributed by atoms with Crippen LogP contribution >= 0.6 is 0 Å². The van der Waals surface area contributed by atoms with Crippen LogP contribution in [0.25, 0.3) is 0 Å². The van der Waals surface area contributed by atoms with Gasteiger partial charge in [0.05, 0.1) is 6.42 Å². The maximum absolute atomic E-state index is 12.2. The Kier molecular flexibility index (Phi) is 7.14. The van der Waals surface area contributed by atoms with E-state index >= 15 is 0 Å². The van der Waals surface area contributed by atoms with Crippen LogP contribution in [0.15, 0.2) is 60.7 Å². The average Bonchev–Trinajstić information content (AvgIpc) is 2.57. The molecule has 1 saturated heterocycles. The van der Waals surface area contributed by atoms with Crippen molar-refractivity contribution in [3.05, 3.63) is 71.8 Å². The second-order valence-corrected chi connectivity index (χ2v) is 6.90. The van der Waals surface area contributed by atoms with Crippen LogP contribution < -0.4 is 56.7 Å². The summed E-state index contributed by atoms with van der Waals surface area (Å²) in [4.78, 5) is 24.3. The Labute approximate surface area is 194 Å². The average molecular weight is 398 g/mol. The minimum Gasteiger partial charge on any atom is -0.731 e. The number of rotatable bonds is 5. The number of benzene rings is 2. The summed E-state index contributed by atoms with van der Waals surface area (Å²) in [6.07, 6.45) is 0.0518. The molecule has 2 aromatic carbocycles. The number of nitrogens with one attached hydrogen (secondary N) is 1. The molecule has 1 aliphatic heterocycles. The third-order valence-electron chi connectivity index (χ3n) is 3.96. The predicted molar refractivity (Wildman–Crippen MR) is 87.8 cm³/mol. The smallest absolute Gasteiger partial charge is 0.731 e. The molecule has 130 valence electrons. The van der Waals surface area contributed by atoms with Gasteiger partial charge in [0.1, 0.15) is 12.1 Å². The van der Waals surface area contributed by atoms with Gasteiger partial charge in [-0.05, 0) is 11.1 Å². The number of carbonyl (C=O) groups is 2. The van der Waals surface area contributed by atoms with Gasteiger partial charge in [0, 0.05) is 0 Å². The van der Waals surface area contributed by atoms with E-state index in [9.17, 15) is 22.6 Å². The van der Waals surface area contributed by atoms with Gasteiger partial charge in [-0.1, -0.05) is 60.7 Å². The minimum atomic E-state index is -4.96. The first-order chi connectivity index (χ1) is 11.9. The molecule has 0 spiro atoms. The van der Waals surface area contributed by atoms with Crippen molar-refractivity contribution in [2.75, 3.05) is 0 Å². The Morgan fingerprint density at radius 3 is 2.12 bits per heavy atom. The van der Waals surface area contributed by atoms with Crippen LogP contribution in [0.2, 0.25) is 0 Å². The number of carbonyl (C=O) groups excluding carboxylic acids is 2. The zero-order chi connectivity index (χ0) is 18.0. The van der Waals surface area contributed by atoms with Crippen LogP contribution in [0.1, 0.15) is 17.2 Å². The monoisotopic (exact) mass is 398 g/mol. The van der Waals surface area contributed by atoms with Crippen molar-refractivity contribution < 1.29 is 73.9 Å². The quantitative estimate of drug-likeness (QED) is 0.348. The third-order valence-corrected chi connectivity index (χ3v) is 4.85. The number of hydrogen-bond acceptors (Lipinski definition) is 5. The first-order valence-corrected chi connectivity index (χ1v) is 8.92. The first kappa shape index (κ1) is 21.2. The summed E-state index contributed by atoms with van der Waals surface area (Å²) in [5, 5.41) is 2.53. The molecule has 0 aromatic heterocycles. The van der Waals surface area contributed by atoms with Gasteiger partial charge in [0.25, 0.3) is 5.91 Å². The summed E-state index contributed by atoms with van der Waals surface area (Å²) in [6, 6.07) is 15.1. The molecule has 3 rings (SSSR count). The third kappa shape index (κ3) is 4.60. The van der Waals surface area contributed by atoms with Crippen molar-refractivity contribution in [1.29, 1.82) is 0 Å². The Hall–Kier alpha value is -1.07. The van der Waals surface area contributed by atoms with Crippen molar-refractivity contribution in [2.45, 2.75) is 18.5 Å². The fraction of sp³-hybridized carbons (Fsp3) is 0.176. The molecule has 1 N–H and O–H groups in total. The van der Waals surface area contributed by atoms with E-state index in [0.29, 0.717) is 5.56 Å². The summed E-state index contributed by atoms with van der Waals surface area (Å²) in [5.74, 6) is -1.35. The van der Waals surface area contributed by atoms with E-state index < -0.39 is 34.2 Å². The molecule has 0 bridgehead atoms. The Balaban J connectivity index is 0.00000243. The van der Waals surface area contributed by atoms with Crippen molar-refractivity contribution >= 4 is 22.1 Å². The molecule has 9 heteroatoms. The molecule has 0 radical (unpaired) electrons. The van der Waals surface area contributed by atoms with Crippen molar-refractivity contribution in [3.63, 3.8) is 0 Å². The van der Waals surface area contributed by atoms with Crippen LogP contribution in [-0.4, -0.2) is 35.1 Å². The van der Waals surface area contributed by atoms with Crippen molar-refractivity contribution in [1.82, 2.24) is 9.62 Å². The number of β-lactam (4-membered cyclic amide) rings is 1. The largest absolute Gasteiger partial charge is 1.00 e. The van der Waals surface area contributed by atoms with Crippen LogP contribution in [0, 0.1) is 0 Å². The molecule has 0 unspecified atom stereocenters. The van der Waals surface area contributed by atoms with E-state index in [1.807, 2.05) is 6.07 Å². The molecular formula is C17H15KN2O5S. The first-order valence-electron chi connectivity index (χ1n) is 7.55. The minimum absolute atomic E-state index is 0.